The number of nitrogens with one attached hydrogen (secondary N) is 1. The molecule has 194 valence electrons. The summed E-state index contributed by atoms with van der Waals surface area (Å²) < 4.78 is 1.56. The van der Waals surface area contributed by atoms with Gasteiger partial charge in [0.25, 0.3) is 5.56 Å². The maximum Gasteiger partial charge on any atom is 0.277 e. The Kier molecular flexibility index (Phi) is 6.61. The summed E-state index contributed by atoms with van der Waals surface area (Å²) >= 11 is 0. The van der Waals surface area contributed by atoms with E-state index in [2.05, 4.69) is 10.00 Å². The quantitative estimate of drug-likeness (QED) is 0.705. The van der Waals surface area contributed by atoms with Gasteiger partial charge in [0.05, 0.1) is 17.8 Å². The first-order valence-corrected chi connectivity index (χ1v) is 14.3. The van der Waals surface area contributed by atoms with E-state index in [4.69, 9.17) is 4.98 Å². The average molecular weight is 494 g/mol. The van der Waals surface area contributed by atoms with E-state index in [-0.39, 0.29) is 29.2 Å². The van der Waals surface area contributed by atoms with Crippen molar-refractivity contribution in [2.24, 2.45) is 11.8 Å². The molecule has 2 aliphatic carbocycles. The summed E-state index contributed by atoms with van der Waals surface area (Å²) in [5, 5.41) is 3.33. The Morgan fingerprint density at radius 2 is 1.50 bits per heavy atom. The average Bonchev–Trinajstić information content (AvgIpc) is 3.38. The van der Waals surface area contributed by atoms with Gasteiger partial charge in [0.2, 0.25) is 11.8 Å². The summed E-state index contributed by atoms with van der Waals surface area (Å²) in [4.78, 5) is 48.5. The van der Waals surface area contributed by atoms with Crippen molar-refractivity contribution >= 4 is 17.5 Å². The molecular weight excluding hydrogens is 454 g/mol. The van der Waals surface area contributed by atoms with Gasteiger partial charge in [-0.1, -0.05) is 38.5 Å². The lowest BCUT2D eigenvalue weighted by Gasteiger charge is -2.35. The molecule has 2 aliphatic heterocycles. The van der Waals surface area contributed by atoms with Gasteiger partial charge in [-0.2, -0.15) is 0 Å². The fraction of sp³-hybridized carbons (Fsp3) is 0.714. The highest BCUT2D eigenvalue weighted by Crippen LogP contribution is 2.31. The van der Waals surface area contributed by atoms with Crippen LogP contribution in [0.2, 0.25) is 0 Å². The van der Waals surface area contributed by atoms with Gasteiger partial charge in [-0.05, 0) is 38.5 Å². The number of aromatic nitrogens is 3. The fourth-order valence-corrected chi connectivity index (χ4v) is 7.04. The Morgan fingerprint density at radius 1 is 0.833 bits per heavy atom. The largest absolute Gasteiger partial charge is 0.342 e. The SMILES string of the molecule is O=C(C1CCCCC1)N1CCc2nc3cc([C@@H]4CCCN(C(=O)C5CCCCC5)C4)[nH]n3c(=O)c2C1. The van der Waals surface area contributed by atoms with Crippen LogP contribution in [0.15, 0.2) is 10.9 Å². The van der Waals surface area contributed by atoms with Gasteiger partial charge in [-0.3, -0.25) is 19.5 Å². The molecule has 3 fully saturated rings. The molecule has 1 saturated heterocycles. The number of hydrogen-bond acceptors (Lipinski definition) is 4. The van der Waals surface area contributed by atoms with Crippen molar-refractivity contribution in [2.75, 3.05) is 19.6 Å². The zero-order valence-electron chi connectivity index (χ0n) is 21.3. The smallest absolute Gasteiger partial charge is 0.277 e. The number of hydrogen-bond donors (Lipinski definition) is 1. The molecular formula is C28H39N5O3. The van der Waals surface area contributed by atoms with Crippen molar-refractivity contribution in [1.82, 2.24) is 24.4 Å². The highest BCUT2D eigenvalue weighted by Gasteiger charge is 2.33. The monoisotopic (exact) mass is 493 g/mol. The maximum atomic E-state index is 13.5. The molecule has 1 N–H and O–H groups in total. The molecule has 8 heteroatoms. The Balaban J connectivity index is 1.20. The lowest BCUT2D eigenvalue weighted by atomic mass is 9.87. The highest BCUT2D eigenvalue weighted by atomic mass is 16.2. The van der Waals surface area contributed by atoms with E-state index in [1.807, 2.05) is 11.0 Å². The molecule has 2 amide bonds. The van der Waals surface area contributed by atoms with Gasteiger partial charge < -0.3 is 9.80 Å². The Labute approximate surface area is 212 Å². The van der Waals surface area contributed by atoms with Gasteiger partial charge in [-0.15, -0.1) is 0 Å². The third kappa shape index (κ3) is 4.48. The number of rotatable bonds is 3. The van der Waals surface area contributed by atoms with Gasteiger partial charge in [0, 0.05) is 55.6 Å². The van der Waals surface area contributed by atoms with Crippen molar-refractivity contribution in [3.63, 3.8) is 0 Å². The summed E-state index contributed by atoms with van der Waals surface area (Å²) in [7, 11) is 0. The summed E-state index contributed by atoms with van der Waals surface area (Å²) in [6.45, 7) is 2.55. The van der Waals surface area contributed by atoms with E-state index < -0.39 is 0 Å². The second-order valence-electron chi connectivity index (χ2n) is 11.6. The minimum atomic E-state index is -0.0895. The third-order valence-corrected chi connectivity index (χ3v) is 9.17. The molecule has 0 spiro atoms. The van der Waals surface area contributed by atoms with Crippen molar-refractivity contribution in [1.29, 1.82) is 0 Å². The van der Waals surface area contributed by atoms with Crippen LogP contribution in [-0.2, 0) is 22.6 Å². The first-order valence-electron chi connectivity index (χ1n) is 14.3. The van der Waals surface area contributed by atoms with E-state index in [0.717, 1.165) is 69.3 Å². The van der Waals surface area contributed by atoms with Crippen molar-refractivity contribution < 1.29 is 9.59 Å². The fourth-order valence-electron chi connectivity index (χ4n) is 7.04. The van der Waals surface area contributed by atoms with Gasteiger partial charge in [0.15, 0.2) is 5.65 Å². The first kappa shape index (κ1) is 23.7. The third-order valence-electron chi connectivity index (χ3n) is 9.17. The van der Waals surface area contributed by atoms with Crippen LogP contribution in [-0.4, -0.2) is 55.8 Å². The predicted molar refractivity (Wildman–Crippen MR) is 137 cm³/mol. The van der Waals surface area contributed by atoms with Crippen molar-refractivity contribution in [3.8, 4) is 0 Å². The minimum absolute atomic E-state index is 0.0895. The van der Waals surface area contributed by atoms with E-state index in [1.165, 1.54) is 25.7 Å². The highest BCUT2D eigenvalue weighted by molar-refractivity contribution is 5.79. The molecule has 0 radical (unpaired) electrons. The standard InChI is InChI=1S/C28H39N5O3/c34-26(19-8-3-1-4-9-19)31-14-7-12-21(17-31)24-16-25-29-23-13-15-32(18-22(23)28(36)33(25)30-24)27(35)20-10-5-2-6-11-20/h16,19-21,30H,1-15,17-18H2/t21-/m1/s1. The summed E-state index contributed by atoms with van der Waals surface area (Å²) in [6.07, 6.45) is 13.7. The first-order chi connectivity index (χ1) is 17.6. The summed E-state index contributed by atoms with van der Waals surface area (Å²) in [5.74, 6) is 1.03. The van der Waals surface area contributed by atoms with E-state index in [9.17, 15) is 14.4 Å². The lowest BCUT2D eigenvalue weighted by Crippen LogP contribution is -2.43. The Hall–Kier alpha value is -2.64. The van der Waals surface area contributed by atoms with E-state index >= 15 is 0 Å². The second-order valence-corrected chi connectivity index (χ2v) is 11.6. The number of H-pyrrole nitrogens is 1. The molecule has 2 aromatic rings. The number of piperidine rings is 1. The zero-order valence-corrected chi connectivity index (χ0v) is 21.3. The number of amides is 2. The Morgan fingerprint density at radius 3 is 2.19 bits per heavy atom. The zero-order chi connectivity index (χ0) is 24.6. The number of carbonyl (C=O) groups is 2. The summed E-state index contributed by atoms with van der Waals surface area (Å²) in [5.41, 5.74) is 3.02. The van der Waals surface area contributed by atoms with Crippen LogP contribution in [0.25, 0.3) is 5.65 Å². The van der Waals surface area contributed by atoms with Crippen LogP contribution < -0.4 is 5.56 Å². The molecule has 6 rings (SSSR count). The Bertz CT molecular complexity index is 1190. The molecule has 1 atom stereocenters. The van der Waals surface area contributed by atoms with E-state index in [1.54, 1.807) is 4.52 Å². The number of nitrogens with zero attached hydrogens (tertiary/aromatic N) is 4. The van der Waals surface area contributed by atoms with Crippen LogP contribution in [0.3, 0.4) is 0 Å². The predicted octanol–water partition coefficient (Wildman–Crippen LogP) is 3.77. The lowest BCUT2D eigenvalue weighted by molar-refractivity contribution is -0.138. The van der Waals surface area contributed by atoms with Crippen LogP contribution >= 0.6 is 0 Å². The van der Waals surface area contributed by atoms with Crippen LogP contribution in [0.5, 0.6) is 0 Å². The number of likely N-dealkylation sites (tertiary alicyclic amines) is 1. The maximum absolute atomic E-state index is 13.5. The van der Waals surface area contributed by atoms with Crippen molar-refractivity contribution in [3.05, 3.63) is 33.4 Å². The molecule has 0 unspecified atom stereocenters. The molecule has 0 aromatic carbocycles. The number of carbonyl (C=O) groups excluding carboxylic acids is 2. The molecule has 36 heavy (non-hydrogen) atoms. The number of fused-ring (bicyclic) bond motifs is 2. The minimum Gasteiger partial charge on any atom is -0.342 e. The molecule has 2 saturated carbocycles. The molecule has 4 heterocycles. The molecule has 4 aliphatic rings. The van der Waals surface area contributed by atoms with Gasteiger partial charge >= 0.3 is 0 Å². The molecule has 2 aromatic heterocycles. The van der Waals surface area contributed by atoms with Gasteiger partial charge in [0.1, 0.15) is 0 Å². The topological polar surface area (TPSA) is 90.8 Å². The van der Waals surface area contributed by atoms with Gasteiger partial charge in [-0.25, -0.2) is 9.50 Å². The van der Waals surface area contributed by atoms with E-state index in [0.29, 0.717) is 43.2 Å². The molecule has 0 bridgehead atoms. The van der Waals surface area contributed by atoms with Crippen LogP contribution in [0.1, 0.15) is 99.9 Å². The number of aromatic amines is 1. The van der Waals surface area contributed by atoms with Crippen molar-refractivity contribution in [2.45, 2.75) is 95.9 Å². The summed E-state index contributed by atoms with van der Waals surface area (Å²) in [6, 6.07) is 2.00. The second kappa shape index (κ2) is 10.0. The van der Waals surface area contributed by atoms with Crippen LogP contribution in [0, 0.1) is 11.8 Å². The normalized spacial score (nSPS) is 24.2. The molecule has 8 nitrogen and oxygen atoms in total. The van der Waals surface area contributed by atoms with Crippen LogP contribution in [0.4, 0.5) is 0 Å².